The molecule has 3 rings (SSSR count). The molecular weight excluding hydrogens is 178 g/mol. The van der Waals surface area contributed by atoms with E-state index in [1.807, 2.05) is 24.3 Å². The molecule has 2 N–H and O–H groups in total. The number of aromatic nitrogens is 2. The van der Waals surface area contributed by atoms with Gasteiger partial charge in [0.25, 0.3) is 6.01 Å². The zero-order valence-corrected chi connectivity index (χ0v) is 7.68. The van der Waals surface area contributed by atoms with E-state index in [9.17, 15) is 0 Å². The van der Waals surface area contributed by atoms with Crippen LogP contribution in [0, 0.1) is 0 Å². The van der Waals surface area contributed by atoms with Gasteiger partial charge >= 0.3 is 0 Å². The van der Waals surface area contributed by atoms with Crippen LogP contribution < -0.4 is 10.5 Å². The van der Waals surface area contributed by atoms with Crippen LogP contribution in [0.3, 0.4) is 0 Å². The monoisotopic (exact) mass is 189 g/mol. The van der Waals surface area contributed by atoms with E-state index in [1.54, 1.807) is 0 Å². The second-order valence-corrected chi connectivity index (χ2v) is 3.47. The largest absolute Gasteiger partial charge is 0.458 e. The number of rotatable bonds is 1. The molecule has 2 heterocycles. The normalized spacial score (nSPS) is 19.6. The number of imidazole rings is 1. The minimum atomic E-state index is 0.0853. The van der Waals surface area contributed by atoms with E-state index in [4.69, 9.17) is 10.5 Å². The van der Waals surface area contributed by atoms with Crippen molar-refractivity contribution in [3.8, 4) is 6.01 Å². The quantitative estimate of drug-likeness (QED) is 0.720. The van der Waals surface area contributed by atoms with Gasteiger partial charge in [0.2, 0.25) is 0 Å². The Bertz CT molecular complexity index is 477. The van der Waals surface area contributed by atoms with Gasteiger partial charge in [-0.25, -0.2) is 0 Å². The van der Waals surface area contributed by atoms with Gasteiger partial charge in [-0.15, -0.1) is 0 Å². The number of nitrogens with zero attached hydrogens (tertiary/aromatic N) is 2. The van der Waals surface area contributed by atoms with Gasteiger partial charge in [0, 0.05) is 6.54 Å². The van der Waals surface area contributed by atoms with Crippen LogP contribution in [0.1, 0.15) is 0 Å². The van der Waals surface area contributed by atoms with E-state index < -0.39 is 0 Å². The first-order valence-corrected chi connectivity index (χ1v) is 4.70. The average Bonchev–Trinajstić information content (AvgIpc) is 2.73. The van der Waals surface area contributed by atoms with Crippen LogP contribution in [0.5, 0.6) is 6.01 Å². The number of hydrogen-bond acceptors (Lipinski definition) is 3. The Hall–Kier alpha value is -1.55. The third kappa shape index (κ3) is 0.943. The number of benzene rings is 1. The molecule has 1 atom stereocenters. The molecule has 2 aromatic rings. The third-order valence-corrected chi connectivity index (χ3v) is 2.54. The number of ether oxygens (including phenoxy) is 1. The molecular formula is C10H11N3O. The lowest BCUT2D eigenvalue weighted by molar-refractivity contribution is 0.233. The summed E-state index contributed by atoms with van der Waals surface area (Å²) in [5.74, 6) is 0. The van der Waals surface area contributed by atoms with Crippen molar-refractivity contribution in [1.82, 2.24) is 9.55 Å². The van der Waals surface area contributed by atoms with Gasteiger partial charge in [-0.05, 0) is 12.1 Å². The molecule has 72 valence electrons. The summed E-state index contributed by atoms with van der Waals surface area (Å²) < 4.78 is 7.64. The molecule has 0 saturated heterocycles. The molecule has 1 unspecified atom stereocenters. The van der Waals surface area contributed by atoms with E-state index in [-0.39, 0.29) is 6.10 Å². The van der Waals surface area contributed by atoms with Gasteiger partial charge in [0.1, 0.15) is 6.10 Å². The molecule has 1 aliphatic heterocycles. The van der Waals surface area contributed by atoms with Crippen molar-refractivity contribution < 1.29 is 4.74 Å². The fourth-order valence-corrected chi connectivity index (χ4v) is 1.83. The van der Waals surface area contributed by atoms with Gasteiger partial charge in [-0.1, -0.05) is 12.1 Å². The summed E-state index contributed by atoms with van der Waals surface area (Å²) in [4.78, 5) is 4.38. The van der Waals surface area contributed by atoms with Crippen LogP contribution in [-0.2, 0) is 6.54 Å². The van der Waals surface area contributed by atoms with Crippen LogP contribution in [0.15, 0.2) is 24.3 Å². The Kier molecular flexibility index (Phi) is 1.52. The summed E-state index contributed by atoms with van der Waals surface area (Å²) in [6.45, 7) is 1.35. The Morgan fingerprint density at radius 2 is 2.36 bits per heavy atom. The fraction of sp³-hybridized carbons (Fsp3) is 0.300. The molecule has 1 aromatic heterocycles. The van der Waals surface area contributed by atoms with Crippen molar-refractivity contribution in [1.29, 1.82) is 0 Å². The molecule has 4 heteroatoms. The van der Waals surface area contributed by atoms with Crippen LogP contribution in [-0.4, -0.2) is 22.2 Å². The predicted octanol–water partition coefficient (Wildman–Crippen LogP) is 0.756. The molecule has 0 aliphatic carbocycles. The van der Waals surface area contributed by atoms with Crippen molar-refractivity contribution in [2.24, 2.45) is 5.73 Å². The molecule has 0 amide bonds. The summed E-state index contributed by atoms with van der Waals surface area (Å²) >= 11 is 0. The van der Waals surface area contributed by atoms with Crippen LogP contribution in [0.4, 0.5) is 0 Å². The van der Waals surface area contributed by atoms with Crippen molar-refractivity contribution >= 4 is 11.0 Å². The topological polar surface area (TPSA) is 53.1 Å². The van der Waals surface area contributed by atoms with Crippen LogP contribution in [0.2, 0.25) is 0 Å². The van der Waals surface area contributed by atoms with Gasteiger partial charge in [0.15, 0.2) is 0 Å². The lowest BCUT2D eigenvalue weighted by Gasteiger charge is -2.04. The smallest absolute Gasteiger partial charge is 0.297 e. The van der Waals surface area contributed by atoms with E-state index in [0.717, 1.165) is 17.6 Å². The maximum absolute atomic E-state index is 5.57. The van der Waals surface area contributed by atoms with Crippen LogP contribution in [0.25, 0.3) is 11.0 Å². The molecule has 14 heavy (non-hydrogen) atoms. The molecule has 0 bridgehead atoms. The van der Waals surface area contributed by atoms with E-state index in [0.29, 0.717) is 12.6 Å². The standard InChI is InChI=1S/C10H11N3O/c11-5-7-6-13-9-4-2-1-3-8(9)12-10(13)14-7/h1-4,7H,5-6,11H2. The van der Waals surface area contributed by atoms with E-state index in [2.05, 4.69) is 9.55 Å². The number of hydrogen-bond donors (Lipinski definition) is 1. The first-order chi connectivity index (χ1) is 6.88. The average molecular weight is 189 g/mol. The maximum Gasteiger partial charge on any atom is 0.297 e. The summed E-state index contributed by atoms with van der Waals surface area (Å²) in [6.07, 6.45) is 0.0853. The highest BCUT2D eigenvalue weighted by Gasteiger charge is 2.24. The molecule has 1 aliphatic rings. The first-order valence-electron chi connectivity index (χ1n) is 4.70. The van der Waals surface area contributed by atoms with Gasteiger partial charge in [-0.3, -0.25) is 4.57 Å². The maximum atomic E-state index is 5.57. The third-order valence-electron chi connectivity index (χ3n) is 2.54. The zero-order valence-electron chi connectivity index (χ0n) is 7.68. The Balaban J connectivity index is 2.16. The molecule has 1 aromatic carbocycles. The second-order valence-electron chi connectivity index (χ2n) is 3.47. The Morgan fingerprint density at radius 1 is 1.50 bits per heavy atom. The molecule has 0 spiro atoms. The highest BCUT2D eigenvalue weighted by atomic mass is 16.5. The summed E-state index contributed by atoms with van der Waals surface area (Å²) in [5.41, 5.74) is 7.66. The molecule has 0 radical (unpaired) electrons. The number of fused-ring (bicyclic) bond motifs is 3. The number of para-hydroxylation sites is 2. The van der Waals surface area contributed by atoms with Crippen molar-refractivity contribution in [2.75, 3.05) is 6.54 Å². The summed E-state index contributed by atoms with van der Waals surface area (Å²) in [5, 5.41) is 0. The van der Waals surface area contributed by atoms with Crippen LogP contribution >= 0.6 is 0 Å². The van der Waals surface area contributed by atoms with Gasteiger partial charge in [-0.2, -0.15) is 4.98 Å². The van der Waals surface area contributed by atoms with Gasteiger partial charge in [0.05, 0.1) is 17.6 Å². The Morgan fingerprint density at radius 3 is 3.21 bits per heavy atom. The molecule has 0 saturated carbocycles. The molecule has 0 fully saturated rings. The first kappa shape index (κ1) is 7.82. The van der Waals surface area contributed by atoms with E-state index >= 15 is 0 Å². The highest BCUT2D eigenvalue weighted by molar-refractivity contribution is 5.76. The minimum Gasteiger partial charge on any atom is -0.458 e. The SMILES string of the molecule is NCC1Cn2c(nc3ccccc32)O1. The summed E-state index contributed by atoms with van der Waals surface area (Å²) in [6, 6.07) is 8.72. The lowest BCUT2D eigenvalue weighted by Crippen LogP contribution is -2.25. The van der Waals surface area contributed by atoms with E-state index in [1.165, 1.54) is 0 Å². The lowest BCUT2D eigenvalue weighted by atomic mass is 10.3. The van der Waals surface area contributed by atoms with Crippen molar-refractivity contribution in [3.05, 3.63) is 24.3 Å². The summed E-state index contributed by atoms with van der Waals surface area (Å²) in [7, 11) is 0. The predicted molar refractivity (Wildman–Crippen MR) is 53.2 cm³/mol. The molecule has 4 nitrogen and oxygen atoms in total. The second kappa shape index (κ2) is 2.72. The van der Waals surface area contributed by atoms with Crippen molar-refractivity contribution in [2.45, 2.75) is 12.6 Å². The van der Waals surface area contributed by atoms with Gasteiger partial charge < -0.3 is 10.5 Å². The van der Waals surface area contributed by atoms with Crippen molar-refractivity contribution in [3.63, 3.8) is 0 Å². The minimum absolute atomic E-state index is 0.0853. The Labute approximate surface area is 81.3 Å². The highest BCUT2D eigenvalue weighted by Crippen LogP contribution is 2.26. The zero-order chi connectivity index (χ0) is 9.54. The fourth-order valence-electron chi connectivity index (χ4n) is 1.83. The number of nitrogens with two attached hydrogens (primary N) is 1.